The summed E-state index contributed by atoms with van der Waals surface area (Å²) in [4.78, 5) is 23.2. The fourth-order valence-electron chi connectivity index (χ4n) is 2.33. The van der Waals surface area contributed by atoms with Crippen LogP contribution in [0.5, 0.6) is 11.5 Å². The zero-order chi connectivity index (χ0) is 20.2. The van der Waals surface area contributed by atoms with Crippen LogP contribution in [0.15, 0.2) is 66.7 Å². The molecule has 0 fully saturated rings. The molecule has 0 amide bonds. The summed E-state index contributed by atoms with van der Waals surface area (Å²) in [6, 6.07) is 16.7. The highest BCUT2D eigenvalue weighted by Gasteiger charge is 2.03. The summed E-state index contributed by atoms with van der Waals surface area (Å²) in [6.45, 7) is 4.69. The second-order valence-corrected chi connectivity index (χ2v) is 6.70. The molecule has 0 spiro atoms. The van der Waals surface area contributed by atoms with Gasteiger partial charge >= 0.3 is 11.9 Å². The highest BCUT2D eigenvalue weighted by atomic mass is 16.5. The maximum atomic E-state index is 11.7. The highest BCUT2D eigenvalue weighted by molar-refractivity contribution is 5.91. The Bertz CT molecular complexity index is 763. The first-order valence-corrected chi connectivity index (χ1v) is 9.36. The van der Waals surface area contributed by atoms with Crippen molar-refractivity contribution in [3.8, 4) is 11.5 Å². The molecule has 0 saturated heterocycles. The van der Waals surface area contributed by atoms with Gasteiger partial charge in [-0.2, -0.15) is 0 Å². The van der Waals surface area contributed by atoms with Gasteiger partial charge in [-0.1, -0.05) is 44.2 Å². The van der Waals surface area contributed by atoms with Gasteiger partial charge in [-0.25, -0.2) is 9.59 Å². The summed E-state index contributed by atoms with van der Waals surface area (Å²) in [5.74, 6) is 0.888. The van der Waals surface area contributed by atoms with Gasteiger partial charge in [-0.3, -0.25) is 0 Å². The molecule has 0 heterocycles. The maximum Gasteiger partial charge on any atom is 0.331 e. The third-order valence-electron chi connectivity index (χ3n) is 3.81. The smallest absolute Gasteiger partial charge is 0.331 e. The van der Waals surface area contributed by atoms with Crippen molar-refractivity contribution in [2.24, 2.45) is 5.92 Å². The first kappa shape index (κ1) is 21.2. The minimum Gasteiger partial charge on any atom is -0.463 e. The molecule has 0 atom stereocenters. The fraction of sp³-hybridized carbons (Fsp3) is 0.304. The number of carbonyl (C=O) groups excluding carboxylic acids is 2. The van der Waals surface area contributed by atoms with E-state index in [-0.39, 0.29) is 6.61 Å². The summed E-state index contributed by atoms with van der Waals surface area (Å²) < 4.78 is 15.8. The molecule has 0 aliphatic heterocycles. The molecule has 148 valence electrons. The van der Waals surface area contributed by atoms with Crippen LogP contribution in [-0.2, 0) is 25.7 Å². The van der Waals surface area contributed by atoms with E-state index >= 15 is 0 Å². The van der Waals surface area contributed by atoms with Gasteiger partial charge in [-0.15, -0.1) is 0 Å². The summed E-state index contributed by atoms with van der Waals surface area (Å²) in [7, 11) is 0. The number of ether oxygens (including phenoxy) is 3. The summed E-state index contributed by atoms with van der Waals surface area (Å²) >= 11 is 0. The largest absolute Gasteiger partial charge is 0.463 e. The summed E-state index contributed by atoms with van der Waals surface area (Å²) in [5, 5.41) is 0. The molecule has 5 heteroatoms. The molecular formula is C23H26O5. The van der Waals surface area contributed by atoms with Crippen LogP contribution in [0.1, 0.15) is 32.3 Å². The SMILES string of the molecule is CC(C)CCCOC(=O)/C=C/C(=O)OCc1ccc(Oc2ccccc2)cc1. The molecule has 0 aliphatic rings. The first-order chi connectivity index (χ1) is 13.5. The number of hydrogen-bond donors (Lipinski definition) is 0. The van der Waals surface area contributed by atoms with Crippen molar-refractivity contribution in [3.63, 3.8) is 0 Å². The minimum atomic E-state index is -0.594. The number of carbonyl (C=O) groups is 2. The average Bonchev–Trinajstić information content (AvgIpc) is 2.70. The van der Waals surface area contributed by atoms with Crippen molar-refractivity contribution < 1.29 is 23.8 Å². The van der Waals surface area contributed by atoms with E-state index in [0.717, 1.165) is 36.3 Å². The van der Waals surface area contributed by atoms with E-state index in [4.69, 9.17) is 14.2 Å². The normalized spacial score (nSPS) is 10.8. The van der Waals surface area contributed by atoms with Crippen molar-refractivity contribution in [2.75, 3.05) is 6.61 Å². The predicted octanol–water partition coefficient (Wildman–Crippen LogP) is 5.06. The number of para-hydroxylation sites is 1. The van der Waals surface area contributed by atoms with Gasteiger partial charge in [0.2, 0.25) is 0 Å². The molecule has 2 rings (SSSR count). The van der Waals surface area contributed by atoms with E-state index in [9.17, 15) is 9.59 Å². The van der Waals surface area contributed by atoms with Crippen molar-refractivity contribution in [1.82, 2.24) is 0 Å². The second-order valence-electron chi connectivity index (χ2n) is 6.70. The standard InChI is InChI=1S/C23H26O5/c1-18(2)7-6-16-26-22(24)14-15-23(25)27-17-19-10-12-21(13-11-19)28-20-8-4-3-5-9-20/h3-5,8-15,18H,6-7,16-17H2,1-2H3/b15-14+. The topological polar surface area (TPSA) is 61.8 Å². The molecule has 2 aromatic rings. The number of benzene rings is 2. The van der Waals surface area contributed by atoms with E-state index in [2.05, 4.69) is 13.8 Å². The predicted molar refractivity (Wildman–Crippen MR) is 107 cm³/mol. The van der Waals surface area contributed by atoms with Crippen LogP contribution in [-0.4, -0.2) is 18.5 Å². The van der Waals surface area contributed by atoms with Crippen molar-refractivity contribution in [2.45, 2.75) is 33.3 Å². The Morgan fingerprint density at radius 3 is 2.11 bits per heavy atom. The molecule has 0 N–H and O–H groups in total. The lowest BCUT2D eigenvalue weighted by molar-refractivity contribution is -0.141. The molecule has 5 nitrogen and oxygen atoms in total. The van der Waals surface area contributed by atoms with Gasteiger partial charge in [0.15, 0.2) is 0 Å². The lowest BCUT2D eigenvalue weighted by Gasteiger charge is -2.07. The number of hydrogen-bond acceptors (Lipinski definition) is 5. The lowest BCUT2D eigenvalue weighted by atomic mass is 10.1. The molecule has 0 saturated carbocycles. The van der Waals surface area contributed by atoms with Crippen LogP contribution in [0, 0.1) is 5.92 Å². The van der Waals surface area contributed by atoms with E-state index in [1.54, 1.807) is 12.1 Å². The van der Waals surface area contributed by atoms with Crippen LogP contribution < -0.4 is 4.74 Å². The quantitative estimate of drug-likeness (QED) is 0.327. The van der Waals surface area contributed by atoms with E-state index in [1.807, 2.05) is 42.5 Å². The molecule has 28 heavy (non-hydrogen) atoms. The van der Waals surface area contributed by atoms with Crippen molar-refractivity contribution >= 4 is 11.9 Å². The summed E-state index contributed by atoms with van der Waals surface area (Å²) in [5.41, 5.74) is 0.818. The molecule has 0 unspecified atom stereocenters. The monoisotopic (exact) mass is 382 g/mol. The average molecular weight is 382 g/mol. The van der Waals surface area contributed by atoms with Gasteiger partial charge < -0.3 is 14.2 Å². The zero-order valence-electron chi connectivity index (χ0n) is 16.3. The number of esters is 2. The Hall–Kier alpha value is -3.08. The third kappa shape index (κ3) is 8.54. The minimum absolute atomic E-state index is 0.109. The van der Waals surface area contributed by atoms with Crippen LogP contribution >= 0.6 is 0 Å². The highest BCUT2D eigenvalue weighted by Crippen LogP contribution is 2.21. The van der Waals surface area contributed by atoms with Gasteiger partial charge in [0, 0.05) is 12.2 Å². The van der Waals surface area contributed by atoms with Gasteiger partial charge in [0.1, 0.15) is 18.1 Å². The Morgan fingerprint density at radius 2 is 1.46 bits per heavy atom. The van der Waals surface area contributed by atoms with Gasteiger partial charge in [0.05, 0.1) is 6.61 Å². The zero-order valence-corrected chi connectivity index (χ0v) is 16.3. The van der Waals surface area contributed by atoms with Crippen LogP contribution in [0.25, 0.3) is 0 Å². The fourth-order valence-corrected chi connectivity index (χ4v) is 2.33. The summed E-state index contributed by atoms with van der Waals surface area (Å²) in [6.07, 6.45) is 3.98. The molecule has 2 aromatic carbocycles. The van der Waals surface area contributed by atoms with Gasteiger partial charge in [0.25, 0.3) is 0 Å². The molecule has 0 aromatic heterocycles. The second kappa shape index (κ2) is 11.6. The van der Waals surface area contributed by atoms with Crippen molar-refractivity contribution in [3.05, 3.63) is 72.3 Å². The lowest BCUT2D eigenvalue weighted by Crippen LogP contribution is -2.06. The van der Waals surface area contributed by atoms with E-state index < -0.39 is 11.9 Å². The maximum absolute atomic E-state index is 11.7. The molecule has 0 bridgehead atoms. The Balaban J connectivity index is 1.69. The Kier molecular flexibility index (Phi) is 8.79. The van der Waals surface area contributed by atoms with E-state index in [0.29, 0.717) is 18.3 Å². The third-order valence-corrected chi connectivity index (χ3v) is 3.81. The first-order valence-electron chi connectivity index (χ1n) is 9.36. The van der Waals surface area contributed by atoms with Crippen molar-refractivity contribution in [1.29, 1.82) is 0 Å². The molecule has 0 aliphatic carbocycles. The van der Waals surface area contributed by atoms with Crippen LogP contribution in [0.3, 0.4) is 0 Å². The van der Waals surface area contributed by atoms with E-state index in [1.165, 1.54) is 0 Å². The van der Waals surface area contributed by atoms with Crippen LogP contribution in [0.4, 0.5) is 0 Å². The van der Waals surface area contributed by atoms with Gasteiger partial charge in [-0.05, 0) is 48.6 Å². The number of rotatable bonds is 10. The Labute approximate surface area is 165 Å². The molecular weight excluding hydrogens is 356 g/mol. The Morgan fingerprint density at radius 1 is 0.857 bits per heavy atom. The molecule has 0 radical (unpaired) electrons. The van der Waals surface area contributed by atoms with Crippen LogP contribution in [0.2, 0.25) is 0 Å².